The molecule has 2 aromatic heterocycles. The predicted octanol–water partition coefficient (Wildman–Crippen LogP) is 3.30. The molecule has 1 aromatic carbocycles. The van der Waals surface area contributed by atoms with Crippen LogP contribution in [0, 0.1) is 11.3 Å². The number of anilines is 1. The molecule has 0 saturated heterocycles. The molecule has 0 fully saturated rings. The molecule has 1 N–H and O–H groups in total. The average Bonchev–Trinajstić information content (AvgIpc) is 3.14. The third-order valence-corrected chi connectivity index (χ3v) is 5.64. The molecule has 1 aliphatic rings. The lowest BCUT2D eigenvalue weighted by molar-refractivity contribution is 0.0601. The van der Waals surface area contributed by atoms with Crippen LogP contribution in [0.3, 0.4) is 0 Å². The van der Waals surface area contributed by atoms with Crippen molar-refractivity contribution in [1.29, 1.82) is 5.26 Å². The van der Waals surface area contributed by atoms with Gasteiger partial charge in [-0.3, -0.25) is 0 Å². The average molecular weight is 389 g/mol. The van der Waals surface area contributed by atoms with Crippen LogP contribution in [0.2, 0.25) is 0 Å². The van der Waals surface area contributed by atoms with Crippen LogP contribution < -0.4 is 4.90 Å². The van der Waals surface area contributed by atoms with Crippen LogP contribution in [0.1, 0.15) is 52.3 Å². The topological polar surface area (TPSA) is 94.9 Å². The highest BCUT2D eigenvalue weighted by Crippen LogP contribution is 2.32. The van der Waals surface area contributed by atoms with Gasteiger partial charge in [0.1, 0.15) is 11.6 Å². The fraction of sp³-hybridized carbons (Fsp3) is 0.364. The molecule has 0 atom stereocenters. The number of aromatic amines is 1. The first-order chi connectivity index (χ1) is 14.1. The summed E-state index contributed by atoms with van der Waals surface area (Å²) in [4.78, 5) is 17.5. The minimum atomic E-state index is -0.352. The smallest absolute Gasteiger partial charge is 0.337 e. The van der Waals surface area contributed by atoms with E-state index in [1.54, 1.807) is 6.07 Å². The van der Waals surface area contributed by atoms with Gasteiger partial charge in [0.15, 0.2) is 5.82 Å². The second kappa shape index (κ2) is 7.55. The SMILES string of the molecule is CCc1nnc(N2CCc3[nH]c4ccc(C(=O)OC)cc4c3C2)c(C#N)c1CC. The van der Waals surface area contributed by atoms with Crippen LogP contribution in [0.4, 0.5) is 5.82 Å². The Morgan fingerprint density at radius 1 is 1.31 bits per heavy atom. The summed E-state index contributed by atoms with van der Waals surface area (Å²) in [7, 11) is 1.38. The molecule has 0 unspecified atom stereocenters. The Kier molecular flexibility index (Phi) is 4.93. The maximum absolute atomic E-state index is 12.0. The summed E-state index contributed by atoms with van der Waals surface area (Å²) in [6.45, 7) is 5.44. The molecule has 0 saturated carbocycles. The van der Waals surface area contributed by atoms with Crippen molar-refractivity contribution < 1.29 is 9.53 Å². The Hall–Kier alpha value is -3.40. The van der Waals surface area contributed by atoms with E-state index in [4.69, 9.17) is 4.74 Å². The van der Waals surface area contributed by atoms with Gasteiger partial charge in [-0.15, -0.1) is 5.10 Å². The molecular formula is C22H23N5O2. The highest BCUT2D eigenvalue weighted by atomic mass is 16.5. The Morgan fingerprint density at radius 3 is 2.83 bits per heavy atom. The summed E-state index contributed by atoms with van der Waals surface area (Å²) in [5.41, 5.74) is 6.30. The number of aryl methyl sites for hydroxylation is 1. The molecule has 0 bridgehead atoms. The van der Waals surface area contributed by atoms with Gasteiger partial charge in [-0.2, -0.15) is 10.4 Å². The zero-order valence-corrected chi connectivity index (χ0v) is 16.9. The van der Waals surface area contributed by atoms with E-state index in [0.717, 1.165) is 59.2 Å². The molecule has 0 radical (unpaired) electrons. The minimum Gasteiger partial charge on any atom is -0.465 e. The second-order valence-electron chi connectivity index (χ2n) is 7.15. The van der Waals surface area contributed by atoms with Crippen LogP contribution in [0.5, 0.6) is 0 Å². The number of carbonyl (C=O) groups is 1. The van der Waals surface area contributed by atoms with Crippen molar-refractivity contribution in [2.75, 3.05) is 18.6 Å². The van der Waals surface area contributed by atoms with Crippen LogP contribution >= 0.6 is 0 Å². The number of aromatic nitrogens is 3. The summed E-state index contributed by atoms with van der Waals surface area (Å²) < 4.78 is 4.86. The van der Waals surface area contributed by atoms with E-state index in [2.05, 4.69) is 26.2 Å². The zero-order chi connectivity index (χ0) is 20.5. The monoisotopic (exact) mass is 389 g/mol. The zero-order valence-electron chi connectivity index (χ0n) is 16.9. The molecule has 3 heterocycles. The van der Waals surface area contributed by atoms with Gasteiger partial charge in [0, 0.05) is 41.7 Å². The third kappa shape index (κ3) is 3.11. The number of rotatable bonds is 4. The quantitative estimate of drug-likeness (QED) is 0.688. The molecule has 0 amide bonds. The molecule has 3 aromatic rings. The summed E-state index contributed by atoms with van der Waals surface area (Å²) in [6, 6.07) is 7.91. The molecule has 7 heteroatoms. The number of methoxy groups -OCH3 is 1. The number of nitrogens with one attached hydrogen (secondary N) is 1. The first-order valence-electron chi connectivity index (χ1n) is 9.86. The lowest BCUT2D eigenvalue weighted by Gasteiger charge is -2.29. The Balaban J connectivity index is 1.77. The van der Waals surface area contributed by atoms with E-state index in [1.807, 2.05) is 26.0 Å². The third-order valence-electron chi connectivity index (χ3n) is 5.64. The van der Waals surface area contributed by atoms with Gasteiger partial charge in [0.2, 0.25) is 0 Å². The molecule has 7 nitrogen and oxygen atoms in total. The summed E-state index contributed by atoms with van der Waals surface area (Å²) >= 11 is 0. The van der Waals surface area contributed by atoms with E-state index >= 15 is 0 Å². The van der Waals surface area contributed by atoms with Crippen molar-refractivity contribution in [3.63, 3.8) is 0 Å². The van der Waals surface area contributed by atoms with E-state index in [-0.39, 0.29) is 5.97 Å². The normalized spacial score (nSPS) is 13.2. The van der Waals surface area contributed by atoms with Crippen LogP contribution in [0.25, 0.3) is 10.9 Å². The Morgan fingerprint density at radius 2 is 2.14 bits per heavy atom. The van der Waals surface area contributed by atoms with Gasteiger partial charge in [-0.1, -0.05) is 13.8 Å². The lowest BCUT2D eigenvalue weighted by Crippen LogP contribution is -2.32. The fourth-order valence-corrected chi connectivity index (χ4v) is 4.14. The summed E-state index contributed by atoms with van der Waals surface area (Å²) in [6.07, 6.45) is 2.32. The van der Waals surface area contributed by atoms with E-state index in [1.165, 1.54) is 7.11 Å². The van der Waals surface area contributed by atoms with E-state index in [0.29, 0.717) is 23.5 Å². The van der Waals surface area contributed by atoms with Crippen molar-refractivity contribution in [3.05, 3.63) is 51.8 Å². The largest absolute Gasteiger partial charge is 0.465 e. The first-order valence-corrected chi connectivity index (χ1v) is 9.86. The minimum absolute atomic E-state index is 0.352. The number of ether oxygens (including phenoxy) is 1. The number of fused-ring (bicyclic) bond motifs is 3. The van der Waals surface area contributed by atoms with Crippen molar-refractivity contribution in [2.24, 2.45) is 0 Å². The maximum atomic E-state index is 12.0. The molecular weight excluding hydrogens is 366 g/mol. The van der Waals surface area contributed by atoms with Gasteiger partial charge in [0.05, 0.1) is 18.4 Å². The van der Waals surface area contributed by atoms with Crippen molar-refractivity contribution in [1.82, 2.24) is 15.2 Å². The van der Waals surface area contributed by atoms with Crippen molar-refractivity contribution in [2.45, 2.75) is 39.7 Å². The number of hydrogen-bond donors (Lipinski definition) is 1. The van der Waals surface area contributed by atoms with E-state index < -0.39 is 0 Å². The highest BCUT2D eigenvalue weighted by Gasteiger charge is 2.26. The number of esters is 1. The van der Waals surface area contributed by atoms with Crippen LogP contribution in [-0.2, 0) is 30.5 Å². The summed E-state index contributed by atoms with van der Waals surface area (Å²) in [5, 5.41) is 19.6. The van der Waals surface area contributed by atoms with E-state index in [9.17, 15) is 10.1 Å². The lowest BCUT2D eigenvalue weighted by atomic mass is 10.0. The molecule has 1 aliphatic heterocycles. The molecule has 0 aliphatic carbocycles. The number of benzene rings is 1. The molecule has 148 valence electrons. The van der Waals surface area contributed by atoms with Crippen molar-refractivity contribution in [3.8, 4) is 6.07 Å². The van der Waals surface area contributed by atoms with Gasteiger partial charge >= 0.3 is 5.97 Å². The van der Waals surface area contributed by atoms with Gasteiger partial charge in [0.25, 0.3) is 0 Å². The molecule has 0 spiro atoms. The number of nitriles is 1. The summed E-state index contributed by atoms with van der Waals surface area (Å²) in [5.74, 6) is 0.292. The predicted molar refractivity (Wildman–Crippen MR) is 110 cm³/mol. The number of carbonyl (C=O) groups excluding carboxylic acids is 1. The standard InChI is InChI=1S/C22H23N5O2/c1-4-14-16(11-23)21(26-25-18(14)5-2)27-9-8-20-17(12-27)15-10-13(22(28)29-3)6-7-19(15)24-20/h6-7,10,24H,4-5,8-9,12H2,1-3H3. The van der Waals surface area contributed by atoms with Crippen LogP contribution in [-0.4, -0.2) is 34.8 Å². The fourth-order valence-electron chi connectivity index (χ4n) is 4.14. The molecule has 29 heavy (non-hydrogen) atoms. The number of hydrogen-bond acceptors (Lipinski definition) is 6. The number of nitrogens with zero attached hydrogens (tertiary/aromatic N) is 4. The number of H-pyrrole nitrogens is 1. The second-order valence-corrected chi connectivity index (χ2v) is 7.15. The first kappa shape index (κ1) is 18.9. The van der Waals surface area contributed by atoms with Gasteiger partial charge < -0.3 is 14.6 Å². The Bertz CT molecular complexity index is 1140. The van der Waals surface area contributed by atoms with Crippen molar-refractivity contribution >= 4 is 22.7 Å². The highest BCUT2D eigenvalue weighted by molar-refractivity contribution is 5.96. The molecule has 4 rings (SSSR count). The Labute approximate surface area is 169 Å². The maximum Gasteiger partial charge on any atom is 0.337 e. The van der Waals surface area contributed by atoms with Crippen LogP contribution in [0.15, 0.2) is 18.2 Å². The van der Waals surface area contributed by atoms with Gasteiger partial charge in [-0.05, 0) is 36.6 Å². The van der Waals surface area contributed by atoms with Gasteiger partial charge in [-0.25, -0.2) is 4.79 Å².